The lowest BCUT2D eigenvalue weighted by Crippen LogP contribution is -2.11. The smallest absolute Gasteiger partial charge is 0.198 e. The van der Waals surface area contributed by atoms with Crippen LogP contribution in [0.3, 0.4) is 0 Å². The monoisotopic (exact) mass is 350 g/mol. The van der Waals surface area contributed by atoms with Crippen LogP contribution in [0.2, 0.25) is 10.0 Å². The third kappa shape index (κ3) is 2.87. The van der Waals surface area contributed by atoms with Gasteiger partial charge in [0.05, 0.1) is 17.2 Å². The number of nitrogens with zero attached hydrogens (tertiary/aromatic N) is 4. The molecule has 0 aliphatic rings. The molecule has 3 aromatic rings. The summed E-state index contributed by atoms with van der Waals surface area (Å²) in [4.78, 5) is 20.8. The molecule has 0 unspecified atom stereocenters. The molecule has 0 bridgehead atoms. The van der Waals surface area contributed by atoms with E-state index < -0.39 is 0 Å². The molecule has 8 heteroatoms. The molecule has 0 aliphatic heterocycles. The van der Waals surface area contributed by atoms with Gasteiger partial charge in [0.15, 0.2) is 17.2 Å². The zero-order chi connectivity index (χ0) is 16.6. The first kappa shape index (κ1) is 15.7. The number of rotatable bonds is 4. The maximum atomic E-state index is 12.7. The van der Waals surface area contributed by atoms with Crippen molar-refractivity contribution < 1.29 is 9.53 Å². The summed E-state index contributed by atoms with van der Waals surface area (Å²) in [5.41, 5.74) is 1.40. The van der Waals surface area contributed by atoms with Crippen LogP contribution in [-0.2, 0) is 6.42 Å². The molecule has 0 spiro atoms. The average Bonchev–Trinajstić information content (AvgIpc) is 2.91. The van der Waals surface area contributed by atoms with Crippen LogP contribution in [0.5, 0.6) is 5.75 Å². The average molecular weight is 351 g/mol. The Bertz CT molecular complexity index is 888. The number of pyridine rings is 2. The van der Waals surface area contributed by atoms with Crippen LogP contribution >= 0.6 is 23.2 Å². The molecule has 0 radical (unpaired) electrons. The fourth-order valence-corrected chi connectivity index (χ4v) is 2.77. The predicted octanol–water partition coefficient (Wildman–Crippen LogP) is 3.17. The highest BCUT2D eigenvalue weighted by molar-refractivity contribution is 6.36. The van der Waals surface area contributed by atoms with E-state index >= 15 is 0 Å². The lowest BCUT2D eigenvalue weighted by Gasteiger charge is -2.08. The van der Waals surface area contributed by atoms with Gasteiger partial charge >= 0.3 is 0 Å². The SMILES string of the molecule is COc1ccc(C(=O)Cc2c(Cl)cncc2Cl)n2nc(C)nc12. The Kier molecular flexibility index (Phi) is 4.19. The van der Waals surface area contributed by atoms with Gasteiger partial charge in [0.25, 0.3) is 0 Å². The highest BCUT2D eigenvalue weighted by atomic mass is 35.5. The lowest BCUT2D eigenvalue weighted by molar-refractivity contribution is 0.0986. The summed E-state index contributed by atoms with van der Waals surface area (Å²) in [6, 6.07) is 3.33. The van der Waals surface area contributed by atoms with Gasteiger partial charge < -0.3 is 4.74 Å². The predicted molar refractivity (Wildman–Crippen MR) is 86.6 cm³/mol. The maximum Gasteiger partial charge on any atom is 0.198 e. The van der Waals surface area contributed by atoms with Crippen LogP contribution in [-0.4, -0.2) is 32.5 Å². The Balaban J connectivity index is 2.05. The van der Waals surface area contributed by atoms with Crippen molar-refractivity contribution in [2.24, 2.45) is 0 Å². The molecule has 3 aromatic heterocycles. The molecule has 118 valence electrons. The van der Waals surface area contributed by atoms with E-state index in [1.54, 1.807) is 19.1 Å². The van der Waals surface area contributed by atoms with Gasteiger partial charge in [-0.2, -0.15) is 5.10 Å². The number of ketones is 1. The van der Waals surface area contributed by atoms with Gasteiger partial charge in [-0.1, -0.05) is 23.2 Å². The van der Waals surface area contributed by atoms with Gasteiger partial charge in [-0.15, -0.1) is 0 Å². The summed E-state index contributed by atoms with van der Waals surface area (Å²) >= 11 is 12.2. The number of ether oxygens (including phenoxy) is 1. The van der Waals surface area contributed by atoms with Crippen molar-refractivity contribution in [1.82, 2.24) is 19.6 Å². The number of aromatic nitrogens is 4. The summed E-state index contributed by atoms with van der Waals surface area (Å²) in [6.07, 6.45) is 2.96. The van der Waals surface area contributed by atoms with Crippen LogP contribution in [0.1, 0.15) is 21.9 Å². The van der Waals surface area contributed by atoms with Crippen molar-refractivity contribution >= 4 is 34.6 Å². The highest BCUT2D eigenvalue weighted by Crippen LogP contribution is 2.25. The van der Waals surface area contributed by atoms with Crippen LogP contribution < -0.4 is 4.74 Å². The molecule has 23 heavy (non-hydrogen) atoms. The van der Waals surface area contributed by atoms with Crippen molar-refractivity contribution in [1.29, 1.82) is 0 Å². The Labute approximate surface area is 142 Å². The lowest BCUT2D eigenvalue weighted by atomic mass is 10.1. The first-order valence-electron chi connectivity index (χ1n) is 6.72. The quantitative estimate of drug-likeness (QED) is 0.676. The number of aryl methyl sites for hydroxylation is 1. The summed E-state index contributed by atoms with van der Waals surface area (Å²) < 4.78 is 6.72. The van der Waals surface area contributed by atoms with Crippen molar-refractivity contribution in [2.45, 2.75) is 13.3 Å². The third-order valence-electron chi connectivity index (χ3n) is 3.35. The second-order valence-corrected chi connectivity index (χ2v) is 5.68. The summed E-state index contributed by atoms with van der Waals surface area (Å²) in [5.74, 6) is 0.906. The molecule has 0 fully saturated rings. The molecule has 0 aromatic carbocycles. The van der Waals surface area contributed by atoms with E-state index in [2.05, 4.69) is 15.1 Å². The summed E-state index contributed by atoms with van der Waals surface area (Å²) in [7, 11) is 1.54. The minimum absolute atomic E-state index is 0.0422. The van der Waals surface area contributed by atoms with Crippen LogP contribution in [0.15, 0.2) is 24.5 Å². The number of methoxy groups -OCH3 is 1. The zero-order valence-corrected chi connectivity index (χ0v) is 13.9. The molecule has 0 aliphatic carbocycles. The molecule has 0 saturated heterocycles. The molecule has 0 N–H and O–H groups in total. The first-order chi connectivity index (χ1) is 11.0. The number of hydrogen-bond donors (Lipinski definition) is 0. The molecular formula is C15H12Cl2N4O2. The van der Waals surface area contributed by atoms with Crippen LogP contribution in [0.25, 0.3) is 5.65 Å². The van der Waals surface area contributed by atoms with Gasteiger partial charge in [0.1, 0.15) is 11.5 Å². The van der Waals surface area contributed by atoms with Gasteiger partial charge in [-0.3, -0.25) is 9.78 Å². The minimum Gasteiger partial charge on any atom is -0.493 e. The fourth-order valence-electron chi connectivity index (χ4n) is 2.27. The number of halogens is 2. The number of hydrogen-bond acceptors (Lipinski definition) is 5. The molecule has 6 nitrogen and oxygen atoms in total. The normalized spacial score (nSPS) is 11.0. The van der Waals surface area contributed by atoms with E-state index in [4.69, 9.17) is 27.9 Å². The standard InChI is InChI=1S/C15H12Cl2N4O2/c1-8-19-15-14(23-2)4-3-12(21(15)20-8)13(22)5-9-10(16)6-18-7-11(9)17/h3-4,6-7H,5H2,1-2H3. The van der Waals surface area contributed by atoms with E-state index in [9.17, 15) is 4.79 Å². The van der Waals surface area contributed by atoms with Crippen molar-refractivity contribution in [3.05, 3.63) is 51.7 Å². The van der Waals surface area contributed by atoms with Crippen LogP contribution in [0.4, 0.5) is 0 Å². The minimum atomic E-state index is -0.183. The van der Waals surface area contributed by atoms with Gasteiger partial charge in [0.2, 0.25) is 0 Å². The number of fused-ring (bicyclic) bond motifs is 1. The van der Waals surface area contributed by atoms with E-state index in [-0.39, 0.29) is 12.2 Å². The van der Waals surface area contributed by atoms with Crippen molar-refractivity contribution in [3.8, 4) is 5.75 Å². The summed E-state index contributed by atoms with van der Waals surface area (Å²) in [5, 5.41) is 4.96. The Morgan fingerprint density at radius 3 is 2.61 bits per heavy atom. The van der Waals surface area contributed by atoms with E-state index in [1.165, 1.54) is 24.0 Å². The largest absolute Gasteiger partial charge is 0.493 e. The molecule has 0 saturated carbocycles. The first-order valence-corrected chi connectivity index (χ1v) is 7.48. The van der Waals surface area contributed by atoms with E-state index in [0.29, 0.717) is 38.5 Å². The molecule has 0 atom stereocenters. The topological polar surface area (TPSA) is 69.4 Å². The second kappa shape index (κ2) is 6.14. The second-order valence-electron chi connectivity index (χ2n) is 4.86. The molecule has 3 heterocycles. The maximum absolute atomic E-state index is 12.7. The number of Topliss-reactive ketones (excluding diaryl/α,β-unsaturated/α-hetero) is 1. The molecule has 0 amide bonds. The van der Waals surface area contributed by atoms with Gasteiger partial charge in [-0.05, 0) is 19.1 Å². The van der Waals surface area contributed by atoms with Crippen molar-refractivity contribution in [2.75, 3.05) is 7.11 Å². The number of carbonyl (C=O) groups excluding carboxylic acids is 1. The Morgan fingerprint density at radius 2 is 1.96 bits per heavy atom. The number of carbonyl (C=O) groups is 1. The Hall–Kier alpha value is -2.18. The summed E-state index contributed by atoms with van der Waals surface area (Å²) in [6.45, 7) is 1.75. The van der Waals surface area contributed by atoms with Crippen molar-refractivity contribution in [3.63, 3.8) is 0 Å². The fraction of sp³-hybridized carbons (Fsp3) is 0.200. The van der Waals surface area contributed by atoms with Crippen LogP contribution in [0, 0.1) is 6.92 Å². The third-order valence-corrected chi connectivity index (χ3v) is 4.00. The molecule has 3 rings (SSSR count). The zero-order valence-electron chi connectivity index (χ0n) is 12.4. The highest BCUT2D eigenvalue weighted by Gasteiger charge is 2.18. The Morgan fingerprint density at radius 1 is 1.26 bits per heavy atom. The van der Waals surface area contributed by atoms with Gasteiger partial charge in [0, 0.05) is 24.4 Å². The molecular weight excluding hydrogens is 339 g/mol. The van der Waals surface area contributed by atoms with E-state index in [1.807, 2.05) is 0 Å². The van der Waals surface area contributed by atoms with E-state index in [0.717, 1.165) is 0 Å². The van der Waals surface area contributed by atoms with Gasteiger partial charge in [-0.25, -0.2) is 9.50 Å².